The SMILES string of the molecule is CC#CCC(N)c1cc(C(F)(F)F)ccc1F. The Kier molecular flexibility index (Phi) is 4.13. The van der Waals surface area contributed by atoms with Crippen molar-refractivity contribution in [2.24, 2.45) is 5.73 Å². The molecular formula is C12H11F4N. The van der Waals surface area contributed by atoms with Gasteiger partial charge in [-0.2, -0.15) is 13.2 Å². The molecule has 0 aliphatic rings. The molecule has 2 N–H and O–H groups in total. The lowest BCUT2D eigenvalue weighted by atomic mass is 10.0. The van der Waals surface area contributed by atoms with E-state index in [9.17, 15) is 17.6 Å². The average molecular weight is 245 g/mol. The lowest BCUT2D eigenvalue weighted by molar-refractivity contribution is -0.137. The maximum Gasteiger partial charge on any atom is 0.416 e. The number of halogens is 4. The highest BCUT2D eigenvalue weighted by Crippen LogP contribution is 2.31. The molecule has 0 aliphatic heterocycles. The van der Waals surface area contributed by atoms with Crippen LogP contribution >= 0.6 is 0 Å². The molecule has 1 nitrogen and oxygen atoms in total. The molecule has 0 radical (unpaired) electrons. The van der Waals surface area contributed by atoms with Crippen LogP contribution in [0.1, 0.15) is 30.5 Å². The van der Waals surface area contributed by atoms with Crippen LogP contribution in [0.5, 0.6) is 0 Å². The first-order chi connectivity index (χ1) is 7.86. The van der Waals surface area contributed by atoms with Crippen LogP contribution in [0.2, 0.25) is 0 Å². The van der Waals surface area contributed by atoms with Crippen molar-refractivity contribution < 1.29 is 17.6 Å². The zero-order valence-electron chi connectivity index (χ0n) is 9.11. The minimum atomic E-state index is -4.50. The molecule has 0 amide bonds. The van der Waals surface area contributed by atoms with Crippen LogP contribution in [0, 0.1) is 17.7 Å². The summed E-state index contributed by atoms with van der Waals surface area (Å²) < 4.78 is 50.6. The second-order valence-corrected chi connectivity index (χ2v) is 3.47. The quantitative estimate of drug-likeness (QED) is 0.628. The van der Waals surface area contributed by atoms with Gasteiger partial charge >= 0.3 is 6.18 Å². The van der Waals surface area contributed by atoms with Gasteiger partial charge in [0.2, 0.25) is 0 Å². The van der Waals surface area contributed by atoms with Gasteiger partial charge in [0.05, 0.1) is 5.56 Å². The van der Waals surface area contributed by atoms with Crippen LogP contribution in [-0.4, -0.2) is 0 Å². The molecular weight excluding hydrogens is 234 g/mol. The van der Waals surface area contributed by atoms with Crippen molar-refractivity contribution >= 4 is 0 Å². The fourth-order valence-electron chi connectivity index (χ4n) is 1.33. The second-order valence-electron chi connectivity index (χ2n) is 3.47. The summed E-state index contributed by atoms with van der Waals surface area (Å²) in [5, 5.41) is 0. The molecule has 0 heterocycles. The van der Waals surface area contributed by atoms with Gasteiger partial charge < -0.3 is 5.73 Å². The fourth-order valence-corrected chi connectivity index (χ4v) is 1.33. The maximum atomic E-state index is 13.3. The van der Waals surface area contributed by atoms with E-state index in [4.69, 9.17) is 5.73 Å². The molecule has 0 fully saturated rings. The van der Waals surface area contributed by atoms with Gasteiger partial charge in [0.15, 0.2) is 0 Å². The fraction of sp³-hybridized carbons (Fsp3) is 0.333. The number of hydrogen-bond acceptors (Lipinski definition) is 1. The number of hydrogen-bond donors (Lipinski definition) is 1. The first-order valence-corrected chi connectivity index (χ1v) is 4.88. The minimum absolute atomic E-state index is 0.120. The van der Waals surface area contributed by atoms with Crippen molar-refractivity contribution in [1.29, 1.82) is 0 Å². The predicted octanol–water partition coefficient (Wildman–Crippen LogP) is 3.26. The van der Waals surface area contributed by atoms with Gasteiger partial charge in [-0.1, -0.05) is 0 Å². The van der Waals surface area contributed by atoms with Crippen LogP contribution in [0.3, 0.4) is 0 Å². The van der Waals surface area contributed by atoms with Gasteiger partial charge in [0.25, 0.3) is 0 Å². The molecule has 5 heteroatoms. The highest BCUT2D eigenvalue weighted by Gasteiger charge is 2.31. The second kappa shape index (κ2) is 5.19. The van der Waals surface area contributed by atoms with Crippen LogP contribution in [-0.2, 0) is 6.18 Å². The lowest BCUT2D eigenvalue weighted by Gasteiger charge is -2.13. The van der Waals surface area contributed by atoms with E-state index in [1.807, 2.05) is 0 Å². The van der Waals surface area contributed by atoms with Gasteiger partial charge in [-0.05, 0) is 25.1 Å². The number of nitrogens with two attached hydrogens (primary N) is 1. The molecule has 0 bridgehead atoms. The molecule has 1 aromatic rings. The predicted molar refractivity (Wildman–Crippen MR) is 56.4 cm³/mol. The molecule has 1 aromatic carbocycles. The molecule has 1 atom stereocenters. The van der Waals surface area contributed by atoms with E-state index in [-0.39, 0.29) is 12.0 Å². The summed E-state index contributed by atoms with van der Waals surface area (Å²) >= 11 is 0. The Bertz CT molecular complexity index is 454. The van der Waals surface area contributed by atoms with E-state index in [0.717, 1.165) is 12.1 Å². The average Bonchev–Trinajstić information content (AvgIpc) is 2.24. The van der Waals surface area contributed by atoms with Gasteiger partial charge in [-0.25, -0.2) is 4.39 Å². The van der Waals surface area contributed by atoms with Gasteiger partial charge in [0, 0.05) is 18.0 Å². The summed E-state index contributed by atoms with van der Waals surface area (Å²) in [5.74, 6) is 4.42. The largest absolute Gasteiger partial charge is 0.416 e. The summed E-state index contributed by atoms with van der Waals surface area (Å²) in [6.07, 6.45) is -4.38. The third-order valence-corrected chi connectivity index (χ3v) is 2.22. The molecule has 1 unspecified atom stereocenters. The normalized spacial score (nSPS) is 12.8. The van der Waals surface area contributed by atoms with Crippen LogP contribution < -0.4 is 5.73 Å². The first kappa shape index (κ1) is 13.5. The summed E-state index contributed by atoms with van der Waals surface area (Å²) in [5.41, 5.74) is 4.51. The smallest absolute Gasteiger partial charge is 0.323 e. The zero-order valence-corrected chi connectivity index (χ0v) is 9.11. The molecule has 1 rings (SSSR count). The standard InChI is InChI=1S/C12H11F4N/c1-2-3-4-11(17)9-7-8(12(14,15)16)5-6-10(9)13/h5-7,11H,4,17H2,1H3. The van der Waals surface area contributed by atoms with E-state index >= 15 is 0 Å². The Morgan fingerprint density at radius 3 is 2.53 bits per heavy atom. The van der Waals surface area contributed by atoms with Crippen molar-refractivity contribution in [3.05, 3.63) is 35.1 Å². The Labute approximate surface area is 96.6 Å². The number of rotatable bonds is 2. The number of benzene rings is 1. The van der Waals surface area contributed by atoms with Crippen LogP contribution in [0.4, 0.5) is 17.6 Å². The molecule has 0 aromatic heterocycles. The van der Waals surface area contributed by atoms with Crippen molar-refractivity contribution in [3.63, 3.8) is 0 Å². The third-order valence-electron chi connectivity index (χ3n) is 2.22. The van der Waals surface area contributed by atoms with Crippen molar-refractivity contribution in [1.82, 2.24) is 0 Å². The van der Waals surface area contributed by atoms with Crippen molar-refractivity contribution in [3.8, 4) is 11.8 Å². The summed E-state index contributed by atoms with van der Waals surface area (Å²) in [7, 11) is 0. The van der Waals surface area contributed by atoms with Crippen molar-refractivity contribution in [2.75, 3.05) is 0 Å². The number of alkyl halides is 3. The summed E-state index contributed by atoms with van der Waals surface area (Å²) in [6, 6.07) is 1.34. The van der Waals surface area contributed by atoms with Gasteiger partial charge in [0.1, 0.15) is 5.82 Å². The Balaban J connectivity index is 3.09. The van der Waals surface area contributed by atoms with E-state index in [2.05, 4.69) is 11.8 Å². The first-order valence-electron chi connectivity index (χ1n) is 4.88. The van der Waals surface area contributed by atoms with Gasteiger partial charge in [-0.3, -0.25) is 0 Å². The van der Waals surface area contributed by atoms with E-state index < -0.39 is 23.6 Å². The highest BCUT2D eigenvalue weighted by atomic mass is 19.4. The van der Waals surface area contributed by atoms with Crippen LogP contribution in [0.25, 0.3) is 0 Å². The Morgan fingerprint density at radius 2 is 2.00 bits per heavy atom. The Hall–Kier alpha value is -1.54. The monoisotopic (exact) mass is 245 g/mol. The Morgan fingerprint density at radius 1 is 1.35 bits per heavy atom. The van der Waals surface area contributed by atoms with Crippen molar-refractivity contribution in [2.45, 2.75) is 25.6 Å². The molecule has 0 aliphatic carbocycles. The molecule has 0 spiro atoms. The highest BCUT2D eigenvalue weighted by molar-refractivity contribution is 5.30. The molecule has 92 valence electrons. The van der Waals surface area contributed by atoms with Crippen LogP contribution in [0.15, 0.2) is 18.2 Å². The van der Waals surface area contributed by atoms with E-state index in [1.54, 1.807) is 6.92 Å². The van der Waals surface area contributed by atoms with Gasteiger partial charge in [-0.15, -0.1) is 11.8 Å². The minimum Gasteiger partial charge on any atom is -0.323 e. The summed E-state index contributed by atoms with van der Waals surface area (Å²) in [4.78, 5) is 0. The zero-order chi connectivity index (χ0) is 13.1. The maximum absolute atomic E-state index is 13.3. The molecule has 17 heavy (non-hydrogen) atoms. The topological polar surface area (TPSA) is 26.0 Å². The molecule has 0 saturated heterocycles. The summed E-state index contributed by atoms with van der Waals surface area (Å²) in [6.45, 7) is 1.58. The van der Waals surface area contributed by atoms with E-state index in [1.165, 1.54) is 0 Å². The third kappa shape index (κ3) is 3.46. The van der Waals surface area contributed by atoms with E-state index in [0.29, 0.717) is 6.07 Å². The lowest BCUT2D eigenvalue weighted by Crippen LogP contribution is -2.14. The molecule has 0 saturated carbocycles.